The summed E-state index contributed by atoms with van der Waals surface area (Å²) in [5.74, 6) is 1.62. The fourth-order valence-electron chi connectivity index (χ4n) is 5.75. The number of aryl methyl sites for hydroxylation is 2. The van der Waals surface area contributed by atoms with Gasteiger partial charge in [0, 0.05) is 28.6 Å². The van der Waals surface area contributed by atoms with E-state index in [9.17, 15) is 4.79 Å². The summed E-state index contributed by atoms with van der Waals surface area (Å²) in [6.45, 7) is 10.6. The molecule has 2 aromatic carbocycles. The van der Waals surface area contributed by atoms with Gasteiger partial charge in [-0.05, 0) is 81.0 Å². The summed E-state index contributed by atoms with van der Waals surface area (Å²) in [7, 11) is 1.69. The van der Waals surface area contributed by atoms with Crippen molar-refractivity contribution in [1.82, 2.24) is 14.2 Å². The highest BCUT2D eigenvalue weighted by Crippen LogP contribution is 2.35. The third-order valence-electron chi connectivity index (χ3n) is 7.72. The molecule has 4 aromatic rings. The Hall–Kier alpha value is -3.67. The van der Waals surface area contributed by atoms with Crippen LogP contribution >= 0.6 is 0 Å². The molecule has 6 nitrogen and oxygen atoms in total. The van der Waals surface area contributed by atoms with Crippen molar-refractivity contribution in [2.45, 2.75) is 72.3 Å². The van der Waals surface area contributed by atoms with Crippen LogP contribution in [0.5, 0.6) is 5.75 Å². The van der Waals surface area contributed by atoms with Gasteiger partial charge < -0.3 is 9.30 Å². The molecule has 2 heterocycles. The maximum absolute atomic E-state index is 13.7. The Kier molecular flexibility index (Phi) is 6.76. The predicted molar refractivity (Wildman–Crippen MR) is 151 cm³/mol. The second-order valence-electron chi connectivity index (χ2n) is 10.5. The first-order valence-electron chi connectivity index (χ1n) is 13.2. The van der Waals surface area contributed by atoms with Crippen LogP contribution in [0.3, 0.4) is 0 Å². The van der Waals surface area contributed by atoms with Gasteiger partial charge in [0.2, 0.25) is 0 Å². The lowest BCUT2D eigenvalue weighted by Gasteiger charge is -2.17. The summed E-state index contributed by atoms with van der Waals surface area (Å²) in [5, 5.41) is 5.33. The van der Waals surface area contributed by atoms with Gasteiger partial charge in [0.1, 0.15) is 5.75 Å². The monoisotopic (exact) mass is 496 g/mol. The van der Waals surface area contributed by atoms with Gasteiger partial charge in [-0.1, -0.05) is 38.8 Å². The lowest BCUT2D eigenvalue weighted by atomic mass is 9.96. The average molecular weight is 497 g/mol. The highest BCUT2D eigenvalue weighted by molar-refractivity contribution is 5.83. The van der Waals surface area contributed by atoms with E-state index in [1.165, 1.54) is 41.7 Å². The van der Waals surface area contributed by atoms with E-state index >= 15 is 0 Å². The Morgan fingerprint density at radius 2 is 1.81 bits per heavy atom. The van der Waals surface area contributed by atoms with Crippen molar-refractivity contribution in [2.24, 2.45) is 5.10 Å². The number of hydrogen-bond donors (Lipinski definition) is 0. The summed E-state index contributed by atoms with van der Waals surface area (Å²) in [6.07, 6.45) is 6.83. The first kappa shape index (κ1) is 25.0. The van der Waals surface area contributed by atoms with Crippen LogP contribution in [0.15, 0.2) is 52.4 Å². The van der Waals surface area contributed by atoms with Crippen LogP contribution in [0.25, 0.3) is 22.3 Å². The van der Waals surface area contributed by atoms with Crippen LogP contribution in [-0.4, -0.2) is 27.6 Å². The molecule has 0 amide bonds. The lowest BCUT2D eigenvalue weighted by Crippen LogP contribution is -2.21. The van der Waals surface area contributed by atoms with Gasteiger partial charge >= 0.3 is 0 Å². The molecule has 1 saturated carbocycles. The number of fused-ring (bicyclic) bond motifs is 1. The summed E-state index contributed by atoms with van der Waals surface area (Å²) < 4.78 is 9.56. The predicted octanol–water partition coefficient (Wildman–Crippen LogP) is 6.92. The van der Waals surface area contributed by atoms with E-state index in [1.807, 2.05) is 43.5 Å². The zero-order chi connectivity index (χ0) is 26.3. The van der Waals surface area contributed by atoms with Crippen LogP contribution < -0.4 is 10.3 Å². The summed E-state index contributed by atoms with van der Waals surface area (Å²) >= 11 is 0. The third-order valence-corrected chi connectivity index (χ3v) is 7.72. The summed E-state index contributed by atoms with van der Waals surface area (Å²) in [6, 6.07) is 14.3. The second-order valence-corrected chi connectivity index (χ2v) is 10.5. The third kappa shape index (κ3) is 4.50. The van der Waals surface area contributed by atoms with E-state index in [-0.39, 0.29) is 11.5 Å². The minimum Gasteiger partial charge on any atom is -0.496 e. The molecule has 0 atom stereocenters. The quantitative estimate of drug-likeness (QED) is 0.272. The maximum Gasteiger partial charge on any atom is 0.282 e. The topological polar surface area (TPSA) is 61.4 Å². The van der Waals surface area contributed by atoms with Crippen LogP contribution in [0, 0.1) is 20.8 Å². The molecule has 1 fully saturated rings. The number of rotatable bonds is 6. The average Bonchev–Trinajstić information content (AvgIpc) is 3.50. The molecule has 1 aliphatic carbocycles. The number of para-hydroxylation sites is 1. The molecule has 6 heteroatoms. The number of hydrogen-bond acceptors (Lipinski definition) is 4. The number of aromatic nitrogens is 3. The molecule has 37 heavy (non-hydrogen) atoms. The van der Waals surface area contributed by atoms with Gasteiger partial charge in [-0.2, -0.15) is 9.78 Å². The molecule has 2 aromatic heterocycles. The number of methoxy groups -OCH3 is 1. The molecule has 0 spiro atoms. The Balaban J connectivity index is 1.70. The zero-order valence-electron chi connectivity index (χ0n) is 22.7. The van der Waals surface area contributed by atoms with Gasteiger partial charge in [0.25, 0.3) is 5.56 Å². The molecule has 5 rings (SSSR count). The van der Waals surface area contributed by atoms with E-state index in [0.717, 1.165) is 28.0 Å². The number of benzene rings is 2. The first-order chi connectivity index (χ1) is 17.8. The fourth-order valence-corrected chi connectivity index (χ4v) is 5.75. The Morgan fingerprint density at radius 3 is 2.51 bits per heavy atom. The minimum absolute atomic E-state index is 0.178. The van der Waals surface area contributed by atoms with Crippen molar-refractivity contribution in [3.63, 3.8) is 0 Å². The Bertz CT molecular complexity index is 1550. The molecular formula is C31H36N4O2. The number of nitrogens with zero attached hydrogens (tertiary/aromatic N) is 4. The maximum atomic E-state index is 13.7. The van der Waals surface area contributed by atoms with Gasteiger partial charge in [0.05, 0.1) is 24.2 Å². The highest BCUT2D eigenvalue weighted by atomic mass is 16.5. The smallest absolute Gasteiger partial charge is 0.282 e. The minimum atomic E-state index is -0.178. The van der Waals surface area contributed by atoms with E-state index < -0.39 is 0 Å². The summed E-state index contributed by atoms with van der Waals surface area (Å²) in [5.41, 5.74) is 6.87. The highest BCUT2D eigenvalue weighted by Gasteiger charge is 2.22. The fraction of sp³-hybridized carbons (Fsp3) is 0.387. The van der Waals surface area contributed by atoms with Crippen molar-refractivity contribution in [1.29, 1.82) is 0 Å². The van der Waals surface area contributed by atoms with Crippen LogP contribution in [0.1, 0.15) is 79.6 Å². The van der Waals surface area contributed by atoms with Crippen molar-refractivity contribution in [2.75, 3.05) is 7.11 Å². The molecular weight excluding hydrogens is 460 g/mol. The van der Waals surface area contributed by atoms with Gasteiger partial charge in [-0.3, -0.25) is 4.79 Å². The number of ether oxygens (including phenoxy) is 1. The molecule has 0 unspecified atom stereocenters. The van der Waals surface area contributed by atoms with Crippen molar-refractivity contribution in [3.05, 3.63) is 80.9 Å². The van der Waals surface area contributed by atoms with Gasteiger partial charge in [-0.15, -0.1) is 0 Å². The van der Waals surface area contributed by atoms with E-state index in [1.54, 1.807) is 7.11 Å². The Labute approximate surface area is 218 Å². The van der Waals surface area contributed by atoms with Gasteiger partial charge in [0.15, 0.2) is 5.82 Å². The van der Waals surface area contributed by atoms with Crippen LogP contribution in [0.4, 0.5) is 0 Å². The van der Waals surface area contributed by atoms with E-state index in [0.29, 0.717) is 22.8 Å². The van der Waals surface area contributed by atoms with Gasteiger partial charge in [-0.25, -0.2) is 4.98 Å². The molecule has 0 aliphatic heterocycles. The summed E-state index contributed by atoms with van der Waals surface area (Å²) in [4.78, 5) is 18.7. The molecule has 0 saturated heterocycles. The molecule has 192 valence electrons. The van der Waals surface area contributed by atoms with Crippen molar-refractivity contribution < 1.29 is 4.74 Å². The zero-order valence-corrected chi connectivity index (χ0v) is 22.7. The van der Waals surface area contributed by atoms with Crippen LogP contribution in [0.2, 0.25) is 0 Å². The van der Waals surface area contributed by atoms with Crippen molar-refractivity contribution >= 4 is 17.1 Å². The normalized spacial score (nSPS) is 14.5. The second kappa shape index (κ2) is 10.0. The van der Waals surface area contributed by atoms with E-state index in [2.05, 4.69) is 44.4 Å². The van der Waals surface area contributed by atoms with Crippen LogP contribution in [-0.2, 0) is 0 Å². The molecule has 1 aliphatic rings. The SMILES string of the molecule is COc1cc(C)c(-c2nc3ccccc3c(=O)n2N=Cc2cc(C)n(C3CCCC3)c2C)cc1C(C)C. The molecule has 0 radical (unpaired) electrons. The van der Waals surface area contributed by atoms with Crippen molar-refractivity contribution in [3.8, 4) is 17.1 Å². The molecule has 0 bridgehead atoms. The largest absolute Gasteiger partial charge is 0.496 e. The lowest BCUT2D eigenvalue weighted by molar-refractivity contribution is 0.407. The van der Waals surface area contributed by atoms with E-state index in [4.69, 9.17) is 14.8 Å². The first-order valence-corrected chi connectivity index (χ1v) is 13.2. The Morgan fingerprint density at radius 1 is 1.08 bits per heavy atom. The molecule has 0 N–H and O–H groups in total. The standard InChI is InChI=1S/C31H36N4O2/c1-19(2)26-17-27(20(3)15-29(26)37-6)30-33-28-14-10-9-13-25(28)31(36)35(30)32-18-23-16-21(4)34(22(23)5)24-11-7-8-12-24/h9-10,13-19,24H,7-8,11-12H2,1-6H3.